The fourth-order valence-electron chi connectivity index (χ4n) is 3.87. The minimum absolute atomic E-state index is 0.103. The number of nitrogens with one attached hydrogen (secondary N) is 1. The number of fused-ring (bicyclic) bond motifs is 1. The van der Waals surface area contributed by atoms with Crippen molar-refractivity contribution in [3.05, 3.63) is 77.3 Å². The molecule has 0 saturated heterocycles. The molecule has 1 atom stereocenters. The van der Waals surface area contributed by atoms with Gasteiger partial charge in [0.05, 0.1) is 11.4 Å². The van der Waals surface area contributed by atoms with Crippen LogP contribution in [0, 0.1) is 0 Å². The predicted molar refractivity (Wildman–Crippen MR) is 139 cm³/mol. The van der Waals surface area contributed by atoms with Crippen molar-refractivity contribution in [2.75, 3.05) is 20.1 Å². The highest BCUT2D eigenvalue weighted by Gasteiger charge is 2.31. The highest BCUT2D eigenvalue weighted by atomic mass is 35.5. The Morgan fingerprint density at radius 1 is 0.971 bits per heavy atom. The van der Waals surface area contributed by atoms with Gasteiger partial charge < -0.3 is 10.2 Å². The van der Waals surface area contributed by atoms with Crippen LogP contribution in [-0.2, 0) is 26.2 Å². The van der Waals surface area contributed by atoms with Crippen LogP contribution in [-0.4, -0.2) is 55.6 Å². The molecule has 0 aliphatic heterocycles. The maximum absolute atomic E-state index is 13.4. The lowest BCUT2D eigenvalue weighted by atomic mass is 10.1. The minimum Gasteiger partial charge on any atom is -0.355 e. The highest BCUT2D eigenvalue weighted by Crippen LogP contribution is 2.22. The number of amides is 2. The Balaban J connectivity index is 1.87. The van der Waals surface area contributed by atoms with Crippen LogP contribution in [0.1, 0.15) is 25.8 Å². The average molecular weight is 516 g/mol. The summed E-state index contributed by atoms with van der Waals surface area (Å²) in [6.07, 6.45) is 0.381. The quantitative estimate of drug-likeness (QED) is 0.441. The molecule has 3 aromatic carbocycles. The zero-order valence-electron chi connectivity index (χ0n) is 20.1. The third-order valence-electron chi connectivity index (χ3n) is 5.79. The van der Waals surface area contributed by atoms with Crippen LogP contribution in [0.3, 0.4) is 0 Å². The summed E-state index contributed by atoms with van der Waals surface area (Å²) in [4.78, 5) is 27.7. The van der Waals surface area contributed by atoms with Gasteiger partial charge in [-0.2, -0.15) is 4.31 Å². The lowest BCUT2D eigenvalue weighted by Gasteiger charge is -2.32. The number of carbonyl (C=O) groups excluding carboxylic acids is 2. The van der Waals surface area contributed by atoms with Crippen molar-refractivity contribution in [2.45, 2.75) is 37.8 Å². The Kier molecular flexibility index (Phi) is 8.88. The zero-order valence-corrected chi connectivity index (χ0v) is 21.6. The standard InChI is InChI=1S/C26H30ClN3O4S/c1-4-24(26(32)28-5-2)30(17-19-10-13-22(27)14-11-19)25(31)18-29(3)35(33,34)23-15-12-20-8-6-7-9-21(20)16-23/h6-16,24H,4-5,17-18H2,1-3H3,(H,28,32)/t24-/m0/s1. The van der Waals surface area contributed by atoms with E-state index in [1.54, 1.807) is 43.3 Å². The monoisotopic (exact) mass is 515 g/mol. The lowest BCUT2D eigenvalue weighted by molar-refractivity contribution is -0.141. The van der Waals surface area contributed by atoms with E-state index in [1.165, 1.54) is 18.0 Å². The van der Waals surface area contributed by atoms with Crippen molar-refractivity contribution in [3.63, 3.8) is 0 Å². The van der Waals surface area contributed by atoms with Gasteiger partial charge in [0.25, 0.3) is 0 Å². The fraction of sp³-hybridized carbons (Fsp3) is 0.308. The van der Waals surface area contributed by atoms with Crippen LogP contribution in [0.2, 0.25) is 5.02 Å². The Bertz CT molecular complexity index is 1300. The van der Waals surface area contributed by atoms with E-state index in [9.17, 15) is 18.0 Å². The molecule has 0 bridgehead atoms. The van der Waals surface area contributed by atoms with Crippen molar-refractivity contribution in [2.24, 2.45) is 0 Å². The summed E-state index contributed by atoms with van der Waals surface area (Å²) in [6.45, 7) is 3.79. The largest absolute Gasteiger partial charge is 0.355 e. The molecular weight excluding hydrogens is 486 g/mol. The van der Waals surface area contributed by atoms with Crippen LogP contribution < -0.4 is 5.32 Å². The van der Waals surface area contributed by atoms with Crippen LogP contribution in [0.25, 0.3) is 10.8 Å². The normalized spacial score (nSPS) is 12.5. The molecule has 0 saturated carbocycles. The number of halogens is 1. The van der Waals surface area contributed by atoms with Crippen molar-refractivity contribution in [1.29, 1.82) is 0 Å². The molecule has 0 fully saturated rings. The van der Waals surface area contributed by atoms with Gasteiger partial charge in [-0.15, -0.1) is 0 Å². The Morgan fingerprint density at radius 3 is 2.26 bits per heavy atom. The Hall–Kier alpha value is -2.94. The summed E-state index contributed by atoms with van der Waals surface area (Å²) in [6, 6.07) is 18.6. The molecule has 0 aliphatic rings. The van der Waals surface area contributed by atoms with E-state index in [1.807, 2.05) is 31.2 Å². The van der Waals surface area contributed by atoms with Gasteiger partial charge in [-0.25, -0.2) is 8.42 Å². The lowest BCUT2D eigenvalue weighted by Crippen LogP contribution is -2.51. The molecule has 0 heterocycles. The first-order valence-electron chi connectivity index (χ1n) is 11.4. The molecule has 0 aliphatic carbocycles. The summed E-state index contributed by atoms with van der Waals surface area (Å²) in [5.41, 5.74) is 0.783. The third-order valence-corrected chi connectivity index (χ3v) is 7.84. The van der Waals surface area contributed by atoms with Gasteiger partial charge in [-0.05, 0) is 53.9 Å². The molecular formula is C26H30ClN3O4S. The molecule has 3 rings (SSSR count). The maximum atomic E-state index is 13.4. The smallest absolute Gasteiger partial charge is 0.243 e. The molecule has 2 amide bonds. The maximum Gasteiger partial charge on any atom is 0.243 e. The van der Waals surface area contributed by atoms with E-state index in [0.29, 0.717) is 18.0 Å². The average Bonchev–Trinajstić information content (AvgIpc) is 2.84. The third kappa shape index (κ3) is 6.39. The zero-order chi connectivity index (χ0) is 25.6. The summed E-state index contributed by atoms with van der Waals surface area (Å²) >= 11 is 5.99. The molecule has 186 valence electrons. The number of carbonyl (C=O) groups is 2. The molecule has 0 spiro atoms. The van der Waals surface area contributed by atoms with Gasteiger partial charge in [-0.3, -0.25) is 9.59 Å². The highest BCUT2D eigenvalue weighted by molar-refractivity contribution is 7.89. The minimum atomic E-state index is -3.93. The first kappa shape index (κ1) is 26.7. The number of nitrogens with zero attached hydrogens (tertiary/aromatic N) is 2. The molecule has 0 unspecified atom stereocenters. The molecule has 1 N–H and O–H groups in total. The van der Waals surface area contributed by atoms with E-state index in [4.69, 9.17) is 11.6 Å². The number of benzene rings is 3. The van der Waals surface area contributed by atoms with Crippen LogP contribution >= 0.6 is 11.6 Å². The summed E-state index contributed by atoms with van der Waals surface area (Å²) in [7, 11) is -2.56. The second-order valence-corrected chi connectivity index (χ2v) is 10.7. The van der Waals surface area contributed by atoms with E-state index in [-0.39, 0.29) is 17.3 Å². The van der Waals surface area contributed by atoms with E-state index >= 15 is 0 Å². The molecule has 0 radical (unpaired) electrons. The number of rotatable bonds is 10. The Labute approximate surface area is 211 Å². The number of hydrogen-bond donors (Lipinski definition) is 1. The molecule has 35 heavy (non-hydrogen) atoms. The van der Waals surface area contributed by atoms with E-state index < -0.39 is 28.5 Å². The van der Waals surface area contributed by atoms with Gasteiger partial charge in [0.2, 0.25) is 21.8 Å². The van der Waals surface area contributed by atoms with Crippen molar-refractivity contribution in [1.82, 2.24) is 14.5 Å². The fourth-order valence-corrected chi connectivity index (χ4v) is 5.15. The molecule has 3 aromatic rings. The van der Waals surface area contributed by atoms with Crippen LogP contribution in [0.4, 0.5) is 0 Å². The molecule has 9 heteroatoms. The summed E-state index contributed by atoms with van der Waals surface area (Å²) in [5.74, 6) is -0.748. The van der Waals surface area contributed by atoms with Crippen LogP contribution in [0.15, 0.2) is 71.6 Å². The first-order valence-corrected chi connectivity index (χ1v) is 13.3. The van der Waals surface area contributed by atoms with Gasteiger partial charge in [0.15, 0.2) is 0 Å². The second-order valence-electron chi connectivity index (χ2n) is 8.24. The van der Waals surface area contributed by atoms with Gasteiger partial charge in [0.1, 0.15) is 6.04 Å². The van der Waals surface area contributed by atoms with Crippen LogP contribution in [0.5, 0.6) is 0 Å². The van der Waals surface area contributed by atoms with Crippen molar-refractivity contribution in [3.8, 4) is 0 Å². The topological polar surface area (TPSA) is 86.8 Å². The number of hydrogen-bond acceptors (Lipinski definition) is 4. The second kappa shape index (κ2) is 11.7. The molecule has 7 nitrogen and oxygen atoms in total. The first-order chi connectivity index (χ1) is 16.7. The summed E-state index contributed by atoms with van der Waals surface area (Å²) < 4.78 is 27.6. The number of likely N-dealkylation sites (N-methyl/N-ethyl adjacent to an activating group) is 2. The molecule has 0 aromatic heterocycles. The number of sulfonamides is 1. The predicted octanol–water partition coefficient (Wildman–Crippen LogP) is 4.06. The van der Waals surface area contributed by atoms with Crippen molar-refractivity contribution < 1.29 is 18.0 Å². The SMILES string of the molecule is CCNC(=O)[C@H](CC)N(Cc1ccc(Cl)cc1)C(=O)CN(C)S(=O)(=O)c1ccc2ccccc2c1. The van der Waals surface area contributed by atoms with Gasteiger partial charge in [-0.1, -0.05) is 61.0 Å². The van der Waals surface area contributed by atoms with E-state index in [0.717, 1.165) is 20.6 Å². The summed E-state index contributed by atoms with van der Waals surface area (Å²) in [5, 5.41) is 5.04. The van der Waals surface area contributed by atoms with Gasteiger partial charge >= 0.3 is 0 Å². The van der Waals surface area contributed by atoms with Gasteiger partial charge in [0, 0.05) is 25.2 Å². The van der Waals surface area contributed by atoms with Crippen molar-refractivity contribution >= 4 is 44.2 Å². The Morgan fingerprint density at radius 2 is 1.63 bits per heavy atom. The van der Waals surface area contributed by atoms with E-state index in [2.05, 4.69) is 5.32 Å².